The first-order valence-electron chi connectivity index (χ1n) is 29.8. The van der Waals surface area contributed by atoms with Gasteiger partial charge in [-0.2, -0.15) is 0 Å². The summed E-state index contributed by atoms with van der Waals surface area (Å²) in [5.74, 6) is 0. The van der Waals surface area contributed by atoms with Crippen molar-refractivity contribution >= 4 is 152 Å². The first kappa shape index (κ1) is 71.1. The maximum Gasteiger partial charge on any atom is 0.180 e. The normalized spacial score (nSPS) is 10.6. The molecule has 0 atom stereocenters. The van der Waals surface area contributed by atoms with Crippen molar-refractivity contribution in [2.75, 3.05) is 18.4 Å². The number of unbranched alkanes of at least 4 members (excludes halogenated alkanes) is 1. The lowest BCUT2D eigenvalue weighted by Crippen LogP contribution is -2.51. The molecule has 456 valence electrons. The van der Waals surface area contributed by atoms with Crippen LogP contribution in [-0.2, 0) is 32.7 Å². The molecule has 0 unspecified atom stereocenters. The lowest BCUT2D eigenvalue weighted by molar-refractivity contribution is -0.699. The summed E-state index contributed by atoms with van der Waals surface area (Å²) in [5.41, 5.74) is 22.4. The van der Waals surface area contributed by atoms with Crippen molar-refractivity contribution < 1.29 is 19.7 Å². The molecule has 87 heavy (non-hydrogen) atoms. The molecule has 12 rings (SSSR count). The molecule has 0 bridgehead atoms. The van der Waals surface area contributed by atoms with E-state index in [1.165, 1.54) is 95.1 Å². The number of carbonyl (C=O) groups excluding carboxylic acids is 1. The minimum atomic E-state index is -0.750. The molecule has 0 radical (unpaired) electrons. The highest BCUT2D eigenvalue weighted by atomic mass is 79.9. The number of halogens is 5. The molecule has 0 saturated carbocycles. The second kappa shape index (κ2) is 38.6. The van der Waals surface area contributed by atoms with Crippen LogP contribution in [-0.4, -0.2) is 47.7 Å². The van der Waals surface area contributed by atoms with Crippen molar-refractivity contribution in [3.05, 3.63) is 235 Å². The zero-order valence-electron chi connectivity index (χ0n) is 51.2. The lowest BCUT2D eigenvalue weighted by atomic mass is 10.1. The summed E-state index contributed by atoms with van der Waals surface area (Å²) in [4.78, 5) is 14.7. The molecule has 9 nitrogen and oxygen atoms in total. The highest BCUT2D eigenvalue weighted by molar-refractivity contribution is 9.09. The molecule has 12 aromatic rings. The Morgan fingerprint density at radius 1 is 0.506 bits per heavy atom. The summed E-state index contributed by atoms with van der Waals surface area (Å²) in [6, 6.07) is 59.4. The number of para-hydroxylation sites is 4. The van der Waals surface area contributed by atoms with Gasteiger partial charge in [0, 0.05) is 139 Å². The number of alkyl halides is 4. The molecule has 0 aliphatic rings. The van der Waals surface area contributed by atoms with E-state index in [9.17, 15) is 4.79 Å². The monoisotopic (exact) mass is 1350 g/mol. The largest absolute Gasteiger partial charge is 0.357 e. The smallest absolute Gasteiger partial charge is 0.180 e. The van der Waals surface area contributed by atoms with Crippen molar-refractivity contribution in [1.82, 2.24) is 18.7 Å². The van der Waals surface area contributed by atoms with E-state index in [2.05, 4.69) is 248 Å². The minimum Gasteiger partial charge on any atom is -0.357 e. The zero-order valence-corrected chi connectivity index (χ0v) is 56.8. The van der Waals surface area contributed by atoms with E-state index >= 15 is 0 Å². The quantitative estimate of drug-likeness (QED) is 0.0643. The van der Waals surface area contributed by atoms with Gasteiger partial charge in [0.25, 0.3) is 0 Å². The van der Waals surface area contributed by atoms with Crippen LogP contribution in [0, 0.1) is 13.8 Å². The van der Waals surface area contributed by atoms with Gasteiger partial charge in [0.1, 0.15) is 12.8 Å². The van der Waals surface area contributed by atoms with Crippen LogP contribution in [0.25, 0.3) is 77.6 Å². The fourth-order valence-electron chi connectivity index (χ4n) is 10.1. The summed E-state index contributed by atoms with van der Waals surface area (Å²) < 4.78 is 10.7. The number of carbonyl (C=O) groups is 1. The summed E-state index contributed by atoms with van der Waals surface area (Å²) in [6.07, 6.45) is 22.2. The molecule has 6 heterocycles. The van der Waals surface area contributed by atoms with Gasteiger partial charge >= 0.3 is 0 Å². The molecule has 14 heteroatoms. The van der Waals surface area contributed by atoms with Crippen molar-refractivity contribution in [3.8, 4) is 0 Å². The predicted molar refractivity (Wildman–Crippen MR) is 383 cm³/mol. The maximum atomic E-state index is 10.9. The number of benzene rings is 6. The van der Waals surface area contributed by atoms with E-state index in [1.807, 2.05) is 49.4 Å². The van der Waals surface area contributed by atoms with E-state index in [4.69, 9.17) is 40.5 Å². The van der Waals surface area contributed by atoms with Crippen LogP contribution in [0.4, 0.5) is 0 Å². The molecule has 0 amide bonds. The topological polar surface area (TPSA) is 106 Å². The number of fused-ring (bicyclic) bond motifs is 9. The predicted octanol–water partition coefficient (Wildman–Crippen LogP) is 18.1. The second-order valence-corrected chi connectivity index (χ2v) is 23.2. The molecule has 6 aromatic carbocycles. The number of aldehydes is 1. The molecular weight excluding hydrogens is 1270 g/mol. The van der Waals surface area contributed by atoms with Gasteiger partial charge in [0.2, 0.25) is 0 Å². The third-order valence-electron chi connectivity index (χ3n) is 14.4. The van der Waals surface area contributed by atoms with Crippen LogP contribution in [0.2, 0.25) is 0 Å². The van der Waals surface area contributed by atoms with E-state index < -0.39 is 4.30 Å². The van der Waals surface area contributed by atoms with Gasteiger partial charge in [-0.1, -0.05) is 155 Å². The molecule has 5 N–H and O–H groups in total. The second-order valence-electron chi connectivity index (χ2n) is 20.5. The Bertz CT molecular complexity index is 3920. The minimum absolute atomic E-state index is 0. The molecule has 6 aromatic heterocycles. The van der Waals surface area contributed by atoms with Crippen LogP contribution in [0.3, 0.4) is 0 Å². The highest BCUT2D eigenvalue weighted by Gasteiger charge is 2.11. The Morgan fingerprint density at radius 3 is 1.24 bits per heavy atom. The standard InChI is InChI=1S/C25H27N2.C15H13NO.C14H13N.C9H15N2.C6H7N.C3H8BrN.CHCl3.BrH/c1-3-5-16-26-17-14-20(15-18-26)10-11-21-12-13-25-23(19-21)22-8-6-7-9-24(22)27(25)4-2;1-2-16-14-6-4-3-5-12(14)13-9-11(10-17)7-8-15(13)16;1-2-15-13-9-5-3-7-11(13)12-8-4-6-10-14(12)15;1-9-3-7-11(8-4-9)6-2-5-10;1-6-2-4-7-5-3-6;4-2-1-3-5;2-1(3)4;/h6-15,17-19H,3-5,16H2,1-2H3;3-10H,2H2,1H3;3-10H,2H2,1H3;3-4,7-8H,2,5-6,10H2,1H3;2-5H,1H3;1-3,5H2;1H;1H/q+1;;;+1;;;;/p+1. The Labute approximate surface area is 549 Å². The summed E-state index contributed by atoms with van der Waals surface area (Å²) in [7, 11) is 0. The number of aromatic nitrogens is 6. The Kier molecular flexibility index (Phi) is 31.5. The van der Waals surface area contributed by atoms with Crippen molar-refractivity contribution in [1.29, 1.82) is 0 Å². The van der Waals surface area contributed by atoms with Gasteiger partial charge in [-0.15, -0.1) is 17.0 Å². The third-order valence-corrected chi connectivity index (χ3v) is 15.0. The summed E-state index contributed by atoms with van der Waals surface area (Å²) in [5, 5.41) is 8.79. The Morgan fingerprint density at radius 2 is 0.874 bits per heavy atom. The van der Waals surface area contributed by atoms with Gasteiger partial charge in [-0.3, -0.25) is 9.78 Å². The number of rotatable bonds is 14. The van der Waals surface area contributed by atoms with Crippen molar-refractivity contribution in [2.45, 2.75) is 104 Å². The van der Waals surface area contributed by atoms with Crippen LogP contribution >= 0.6 is 67.7 Å². The van der Waals surface area contributed by atoms with Gasteiger partial charge in [-0.05, 0) is 137 Å². The third kappa shape index (κ3) is 21.0. The van der Waals surface area contributed by atoms with Crippen LogP contribution in [0.5, 0.6) is 0 Å². The van der Waals surface area contributed by atoms with E-state index in [1.54, 1.807) is 12.4 Å². The number of quaternary nitrogens is 1. The number of aryl methyl sites for hydroxylation is 7. The first-order valence-corrected chi connectivity index (χ1v) is 32.3. The van der Waals surface area contributed by atoms with E-state index in [0.29, 0.717) is 0 Å². The van der Waals surface area contributed by atoms with E-state index in [0.717, 1.165) is 81.2 Å². The van der Waals surface area contributed by atoms with Gasteiger partial charge in [0.15, 0.2) is 35.6 Å². The van der Waals surface area contributed by atoms with Crippen LogP contribution in [0.15, 0.2) is 207 Å². The Hall–Kier alpha value is -6.67. The van der Waals surface area contributed by atoms with Crippen molar-refractivity contribution in [3.63, 3.8) is 0 Å². The summed E-state index contributed by atoms with van der Waals surface area (Å²) in [6.45, 7) is 19.9. The molecule has 0 spiro atoms. The molecule has 0 aliphatic carbocycles. The number of nitrogens with zero attached hydrogens (tertiary/aromatic N) is 6. The lowest BCUT2D eigenvalue weighted by Gasteiger charge is -2.02. The van der Waals surface area contributed by atoms with Gasteiger partial charge in [-0.25, -0.2) is 9.13 Å². The maximum absolute atomic E-state index is 10.9. The molecule has 0 saturated heterocycles. The van der Waals surface area contributed by atoms with Gasteiger partial charge in [0.05, 0.1) is 13.0 Å². The van der Waals surface area contributed by atoms with Gasteiger partial charge < -0.3 is 25.2 Å². The first-order chi connectivity index (χ1) is 41.9. The molecular formula is C73H86Br2Cl3N8O+3. The fraction of sp³-hybridized carbons (Fsp3) is 0.260. The number of pyridine rings is 3. The average Bonchev–Trinajstić information content (AvgIpc) is 1.73. The Balaban J connectivity index is 0.000000201. The highest BCUT2D eigenvalue weighted by Crippen LogP contribution is 2.32. The molecule has 0 aliphatic heterocycles. The van der Waals surface area contributed by atoms with Crippen LogP contribution < -0.4 is 20.6 Å². The van der Waals surface area contributed by atoms with Crippen molar-refractivity contribution in [2.24, 2.45) is 5.73 Å². The molecule has 0 fully saturated rings. The van der Waals surface area contributed by atoms with Crippen LogP contribution in [0.1, 0.15) is 86.0 Å². The fourth-order valence-corrected chi connectivity index (χ4v) is 10.4. The number of hydrogen-bond acceptors (Lipinski definition) is 3. The number of nitrogens with two attached hydrogens (primary N) is 1. The SMILES string of the molecule is Br.CCCC[n+]1ccc(/C=C/c2ccc3c(c2)c2ccccc2n3CC)cc1.CCn1c2ccccc2c2cc(C=O)ccc21.CCn1c2ccccc2c2ccccc21.Cc1cc[n+](CCC[NH3+])cc1.Cc1ccncc1.ClC(Cl)Cl.NCCCBr. The summed E-state index contributed by atoms with van der Waals surface area (Å²) >= 11 is 17.6. The zero-order chi connectivity index (χ0) is 61.6. The average molecular weight is 1360 g/mol. The number of hydrogen-bond donors (Lipinski definition) is 2. The van der Waals surface area contributed by atoms with E-state index in [-0.39, 0.29) is 17.0 Å².